The van der Waals surface area contributed by atoms with Crippen LogP contribution in [0.1, 0.15) is 60.2 Å². The maximum Gasteiger partial charge on any atom is 0.258 e. The number of rotatable bonds is 3. The number of nitrogens with zero attached hydrogens (tertiary/aromatic N) is 1. The zero-order valence-electron chi connectivity index (χ0n) is 15.6. The van der Waals surface area contributed by atoms with Crippen LogP contribution in [0, 0.1) is 5.92 Å². The van der Waals surface area contributed by atoms with Crippen molar-refractivity contribution in [3.63, 3.8) is 0 Å². The van der Waals surface area contributed by atoms with Crippen molar-refractivity contribution in [3.8, 4) is 0 Å². The van der Waals surface area contributed by atoms with Gasteiger partial charge >= 0.3 is 0 Å². The Hall–Kier alpha value is -2.14. The summed E-state index contributed by atoms with van der Waals surface area (Å²) < 4.78 is 0. The second kappa shape index (κ2) is 8.26. The van der Waals surface area contributed by atoms with Gasteiger partial charge in [0, 0.05) is 28.6 Å². The second-order valence-electron chi connectivity index (χ2n) is 7.54. The highest BCUT2D eigenvalue weighted by Crippen LogP contribution is 2.32. The number of aryl methyl sites for hydroxylation is 1. The van der Waals surface area contributed by atoms with E-state index in [4.69, 9.17) is 0 Å². The first kappa shape index (κ1) is 18.2. The molecule has 1 aliphatic heterocycles. The maximum atomic E-state index is 13.0. The molecule has 0 unspecified atom stereocenters. The minimum atomic E-state index is 0.0432. The number of benzene rings is 1. The van der Waals surface area contributed by atoms with E-state index >= 15 is 0 Å². The van der Waals surface area contributed by atoms with Gasteiger partial charge < -0.3 is 10.2 Å². The van der Waals surface area contributed by atoms with Crippen LogP contribution in [0.3, 0.4) is 0 Å². The summed E-state index contributed by atoms with van der Waals surface area (Å²) in [7, 11) is 0. The number of anilines is 2. The molecule has 142 valence electrons. The van der Waals surface area contributed by atoms with Crippen molar-refractivity contribution in [2.45, 2.75) is 51.4 Å². The van der Waals surface area contributed by atoms with Crippen LogP contribution in [0.25, 0.3) is 0 Å². The molecule has 2 aromatic rings. The third-order valence-electron chi connectivity index (χ3n) is 5.67. The number of carbonyl (C=O) groups is 2. The highest BCUT2D eigenvalue weighted by molar-refractivity contribution is 7.10. The smallest absolute Gasteiger partial charge is 0.258 e. The first-order valence-electron chi connectivity index (χ1n) is 10.0. The molecule has 27 heavy (non-hydrogen) atoms. The summed E-state index contributed by atoms with van der Waals surface area (Å²) in [5.41, 5.74) is 2.51. The Labute approximate surface area is 164 Å². The minimum absolute atomic E-state index is 0.0432. The predicted octanol–water partition coefficient (Wildman–Crippen LogP) is 5.25. The molecule has 0 bridgehead atoms. The van der Waals surface area contributed by atoms with Crippen molar-refractivity contribution in [2.75, 3.05) is 16.8 Å². The van der Waals surface area contributed by atoms with Gasteiger partial charge in [-0.3, -0.25) is 9.59 Å². The number of fused-ring (bicyclic) bond motifs is 1. The van der Waals surface area contributed by atoms with E-state index in [0.717, 1.165) is 62.9 Å². The summed E-state index contributed by atoms with van der Waals surface area (Å²) in [6.45, 7) is 0.767. The zero-order chi connectivity index (χ0) is 18.6. The monoisotopic (exact) mass is 382 g/mol. The largest absolute Gasteiger partial charge is 0.326 e. The predicted molar refractivity (Wildman–Crippen MR) is 111 cm³/mol. The van der Waals surface area contributed by atoms with E-state index in [2.05, 4.69) is 16.8 Å². The van der Waals surface area contributed by atoms with Crippen molar-refractivity contribution in [1.29, 1.82) is 0 Å². The van der Waals surface area contributed by atoms with E-state index in [1.807, 2.05) is 29.2 Å². The van der Waals surface area contributed by atoms with Gasteiger partial charge in [-0.15, -0.1) is 11.3 Å². The van der Waals surface area contributed by atoms with Crippen LogP contribution >= 0.6 is 11.3 Å². The van der Waals surface area contributed by atoms with Crippen molar-refractivity contribution in [3.05, 3.63) is 46.2 Å². The Bertz CT molecular complexity index is 806. The molecule has 2 aliphatic rings. The van der Waals surface area contributed by atoms with Gasteiger partial charge in [0.1, 0.15) is 0 Å². The van der Waals surface area contributed by atoms with Gasteiger partial charge in [-0.1, -0.05) is 19.3 Å². The van der Waals surface area contributed by atoms with Crippen molar-refractivity contribution in [2.24, 2.45) is 5.92 Å². The van der Waals surface area contributed by atoms with Gasteiger partial charge in [0.15, 0.2) is 0 Å². The summed E-state index contributed by atoms with van der Waals surface area (Å²) in [4.78, 5) is 28.6. The van der Waals surface area contributed by atoms with Crippen LogP contribution < -0.4 is 10.2 Å². The first-order chi connectivity index (χ1) is 13.2. The summed E-state index contributed by atoms with van der Waals surface area (Å²) in [6, 6.07) is 9.41. The Kier molecular flexibility index (Phi) is 5.58. The lowest BCUT2D eigenvalue weighted by molar-refractivity contribution is -0.120. The molecule has 2 heterocycles. The van der Waals surface area contributed by atoms with Gasteiger partial charge in [-0.25, -0.2) is 0 Å². The third kappa shape index (κ3) is 4.08. The van der Waals surface area contributed by atoms with Crippen LogP contribution in [-0.2, 0) is 11.2 Å². The fourth-order valence-corrected chi connectivity index (χ4v) is 5.03. The molecule has 1 aliphatic carbocycles. The summed E-state index contributed by atoms with van der Waals surface area (Å²) in [6.07, 6.45) is 8.72. The van der Waals surface area contributed by atoms with Crippen LogP contribution in [0.15, 0.2) is 35.7 Å². The number of hydrogen-bond donors (Lipinski definition) is 1. The molecular weight excluding hydrogens is 356 g/mol. The SMILES string of the molecule is O=C(Nc1ccc(C(=O)N2CCCCc3sccc32)cc1)C1CCCCC1. The van der Waals surface area contributed by atoms with E-state index < -0.39 is 0 Å². The normalized spacial score (nSPS) is 17.9. The number of amides is 2. The van der Waals surface area contributed by atoms with Crippen LogP contribution in [0.4, 0.5) is 11.4 Å². The van der Waals surface area contributed by atoms with Gasteiger partial charge in [-0.2, -0.15) is 0 Å². The van der Waals surface area contributed by atoms with E-state index in [0.29, 0.717) is 5.56 Å². The highest BCUT2D eigenvalue weighted by Gasteiger charge is 2.24. The Morgan fingerprint density at radius 1 is 0.963 bits per heavy atom. The zero-order valence-corrected chi connectivity index (χ0v) is 16.4. The van der Waals surface area contributed by atoms with Gasteiger partial charge in [0.25, 0.3) is 5.91 Å². The van der Waals surface area contributed by atoms with Crippen LogP contribution in [0.2, 0.25) is 0 Å². The molecule has 4 rings (SSSR count). The molecule has 0 saturated heterocycles. The lowest BCUT2D eigenvalue weighted by atomic mass is 9.88. The Morgan fingerprint density at radius 3 is 2.52 bits per heavy atom. The number of nitrogens with one attached hydrogen (secondary N) is 1. The highest BCUT2D eigenvalue weighted by atomic mass is 32.1. The van der Waals surface area contributed by atoms with Gasteiger partial charge in [0.2, 0.25) is 5.91 Å². The molecule has 4 nitrogen and oxygen atoms in total. The first-order valence-corrected chi connectivity index (χ1v) is 10.9. The van der Waals surface area contributed by atoms with Gasteiger partial charge in [0.05, 0.1) is 5.69 Å². The van der Waals surface area contributed by atoms with Gasteiger partial charge in [-0.05, 0) is 67.8 Å². The fraction of sp³-hybridized carbons (Fsp3) is 0.455. The molecule has 0 radical (unpaired) electrons. The van der Waals surface area contributed by atoms with Crippen molar-refractivity contribution < 1.29 is 9.59 Å². The van der Waals surface area contributed by atoms with E-state index in [1.165, 1.54) is 11.3 Å². The Balaban J connectivity index is 1.44. The molecule has 1 saturated carbocycles. The number of hydrogen-bond acceptors (Lipinski definition) is 3. The summed E-state index contributed by atoms with van der Waals surface area (Å²) in [5, 5.41) is 5.09. The van der Waals surface area contributed by atoms with Crippen molar-refractivity contribution >= 4 is 34.5 Å². The third-order valence-corrected chi connectivity index (χ3v) is 6.64. The lowest BCUT2D eigenvalue weighted by Gasteiger charge is -2.22. The minimum Gasteiger partial charge on any atom is -0.326 e. The molecule has 1 N–H and O–H groups in total. The lowest BCUT2D eigenvalue weighted by Crippen LogP contribution is -2.31. The number of carbonyl (C=O) groups excluding carboxylic acids is 2. The Morgan fingerprint density at radius 2 is 1.74 bits per heavy atom. The van der Waals surface area contributed by atoms with Crippen molar-refractivity contribution in [1.82, 2.24) is 0 Å². The van der Waals surface area contributed by atoms with E-state index in [1.54, 1.807) is 11.3 Å². The molecular formula is C22H26N2O2S. The standard InChI is InChI=1S/C22H26N2O2S/c25-21(16-6-2-1-3-7-16)23-18-11-9-17(10-12-18)22(26)24-14-5-4-8-20-19(24)13-15-27-20/h9-13,15-16H,1-8,14H2,(H,23,25). The molecule has 1 aromatic heterocycles. The molecule has 2 amide bonds. The fourth-order valence-electron chi connectivity index (χ4n) is 4.11. The molecule has 1 aromatic carbocycles. The average molecular weight is 383 g/mol. The maximum absolute atomic E-state index is 13.0. The molecule has 1 fully saturated rings. The van der Waals surface area contributed by atoms with E-state index in [9.17, 15) is 9.59 Å². The van der Waals surface area contributed by atoms with Crippen LogP contribution in [-0.4, -0.2) is 18.4 Å². The molecule has 5 heteroatoms. The molecule has 0 atom stereocenters. The summed E-state index contributed by atoms with van der Waals surface area (Å²) in [5.74, 6) is 0.292. The number of thiophene rings is 1. The quantitative estimate of drug-likeness (QED) is 0.788. The summed E-state index contributed by atoms with van der Waals surface area (Å²) >= 11 is 1.74. The second-order valence-corrected chi connectivity index (χ2v) is 8.55. The molecule has 0 spiro atoms. The topological polar surface area (TPSA) is 49.4 Å². The van der Waals surface area contributed by atoms with E-state index in [-0.39, 0.29) is 17.7 Å². The van der Waals surface area contributed by atoms with Crippen LogP contribution in [0.5, 0.6) is 0 Å². The average Bonchev–Trinajstić information content (AvgIpc) is 3.08.